The number of primary amides is 1. The van der Waals surface area contributed by atoms with Gasteiger partial charge in [-0.15, -0.1) is 0 Å². The molecule has 10 nitrogen and oxygen atoms in total. The number of benzene rings is 1. The molecule has 0 saturated heterocycles. The first kappa shape index (κ1) is 28.7. The van der Waals surface area contributed by atoms with Crippen LogP contribution in [0.4, 0.5) is 0 Å². The van der Waals surface area contributed by atoms with E-state index in [9.17, 15) is 39.6 Å². The van der Waals surface area contributed by atoms with Crippen molar-refractivity contribution in [1.82, 2.24) is 0 Å². The lowest BCUT2D eigenvalue weighted by molar-refractivity contribution is -0.174. The summed E-state index contributed by atoms with van der Waals surface area (Å²) in [6.45, 7) is 0. The first-order chi connectivity index (χ1) is 19.0. The van der Waals surface area contributed by atoms with Gasteiger partial charge in [0.05, 0.1) is 12.0 Å². The lowest BCUT2D eigenvalue weighted by atomic mass is 9.56. The molecular formula is C28H30BrNO9S. The van der Waals surface area contributed by atoms with Gasteiger partial charge < -0.3 is 30.9 Å². The minimum Gasteiger partial charge on any atom is -0.511 e. The Morgan fingerprint density at radius 3 is 2.50 bits per heavy atom. The Hall–Kier alpha value is -2.83. The van der Waals surface area contributed by atoms with Crippen LogP contribution < -0.4 is 5.73 Å². The number of ketones is 2. The van der Waals surface area contributed by atoms with Crippen molar-refractivity contribution in [3.63, 3.8) is 0 Å². The quantitative estimate of drug-likeness (QED) is 0.169. The Kier molecular flexibility index (Phi) is 7.79. The van der Waals surface area contributed by atoms with Gasteiger partial charge in [-0.25, -0.2) is 0 Å². The number of thioether (sulfide) groups is 1. The van der Waals surface area contributed by atoms with Gasteiger partial charge in [-0.3, -0.25) is 19.2 Å². The molecule has 0 heterocycles. The molecule has 12 heteroatoms. The van der Waals surface area contributed by atoms with E-state index in [1.807, 2.05) is 0 Å². The molecule has 5 atom stereocenters. The standard InChI is InChI=1S/C28H30BrNO9S/c29-9-8-18(33)39-24-15-10-17(32)21(27(30)37)25(35)28(15,38)26(36)22-20(24)14(11-40-12-4-1-2-5-12)13-6-3-7-16(31)19(13)23(22)34/h3,6-7,12,14-15,20,24,31-32,36,38H,1-2,4-5,8-11H2,(H2,30,37)/t14-,15+,20+,24+,28+/m0/s1. The number of halogens is 1. The zero-order valence-corrected chi connectivity index (χ0v) is 23.9. The number of esters is 1. The normalized spacial score (nSPS) is 30.1. The van der Waals surface area contributed by atoms with E-state index in [-0.39, 0.29) is 28.6 Å². The van der Waals surface area contributed by atoms with E-state index < -0.39 is 76.4 Å². The van der Waals surface area contributed by atoms with Gasteiger partial charge in [-0.2, -0.15) is 11.8 Å². The first-order valence-corrected chi connectivity index (χ1v) is 15.4. The number of aliphatic hydroxyl groups excluding tert-OH is 2. The van der Waals surface area contributed by atoms with Crippen molar-refractivity contribution in [1.29, 1.82) is 0 Å². The summed E-state index contributed by atoms with van der Waals surface area (Å²) in [4.78, 5) is 52.3. The second-order valence-electron chi connectivity index (χ2n) is 10.7. The molecule has 0 spiro atoms. The monoisotopic (exact) mass is 635 g/mol. The maximum Gasteiger partial charge on any atom is 0.306 e. The maximum absolute atomic E-state index is 13.9. The number of carbonyl (C=O) groups excluding carboxylic acids is 4. The van der Waals surface area contributed by atoms with Gasteiger partial charge in [0.25, 0.3) is 5.91 Å². The summed E-state index contributed by atoms with van der Waals surface area (Å²) in [6, 6.07) is 4.64. The Morgan fingerprint density at radius 2 is 1.85 bits per heavy atom. The molecule has 40 heavy (non-hydrogen) atoms. The third-order valence-electron chi connectivity index (χ3n) is 8.52. The molecule has 1 amide bonds. The number of phenols is 1. The Bertz CT molecular complexity index is 1350. The summed E-state index contributed by atoms with van der Waals surface area (Å²) in [6.07, 6.45) is 2.35. The minimum absolute atomic E-state index is 0.0610. The molecular weight excluding hydrogens is 606 g/mol. The smallest absolute Gasteiger partial charge is 0.306 e. The molecule has 0 aromatic heterocycles. The fourth-order valence-electron chi connectivity index (χ4n) is 6.68. The van der Waals surface area contributed by atoms with Crippen LogP contribution >= 0.6 is 27.7 Å². The molecule has 1 aromatic rings. The number of nitrogens with two attached hydrogens (primary N) is 1. The van der Waals surface area contributed by atoms with E-state index in [1.54, 1.807) is 23.9 Å². The van der Waals surface area contributed by atoms with Crippen molar-refractivity contribution < 1.29 is 44.3 Å². The third kappa shape index (κ3) is 4.44. The Morgan fingerprint density at radius 1 is 1.15 bits per heavy atom. The van der Waals surface area contributed by atoms with Crippen LogP contribution in [0.1, 0.15) is 60.4 Å². The van der Waals surface area contributed by atoms with Gasteiger partial charge in [-0.1, -0.05) is 40.9 Å². The number of phenolic OH excluding ortho intramolecular Hbond substituents is 1. The Balaban J connectivity index is 1.73. The number of fused-ring (bicyclic) bond motifs is 3. The second kappa shape index (κ2) is 10.9. The zero-order chi connectivity index (χ0) is 28.9. The molecule has 214 valence electrons. The summed E-state index contributed by atoms with van der Waals surface area (Å²) < 4.78 is 5.87. The number of amides is 1. The van der Waals surface area contributed by atoms with Crippen molar-refractivity contribution in [2.45, 2.75) is 61.4 Å². The van der Waals surface area contributed by atoms with Crippen molar-refractivity contribution in [3.05, 3.63) is 52.0 Å². The molecule has 0 aliphatic heterocycles. The number of aromatic hydroxyl groups is 1. The van der Waals surface area contributed by atoms with Crippen LogP contribution in [0, 0.1) is 11.8 Å². The number of Topliss-reactive ketones (excluding diaryl/α,β-unsaturated/α-hetero) is 2. The van der Waals surface area contributed by atoms with Gasteiger partial charge in [-0.05, 0) is 24.5 Å². The number of rotatable bonds is 7. The predicted octanol–water partition coefficient (Wildman–Crippen LogP) is 3.10. The summed E-state index contributed by atoms with van der Waals surface area (Å²) >= 11 is 4.88. The van der Waals surface area contributed by atoms with E-state index in [0.29, 0.717) is 16.6 Å². The van der Waals surface area contributed by atoms with Crippen LogP contribution in [-0.4, -0.2) is 71.9 Å². The number of carbonyl (C=O) groups is 4. The highest BCUT2D eigenvalue weighted by atomic mass is 79.9. The minimum atomic E-state index is -2.87. The van der Waals surface area contributed by atoms with Crippen LogP contribution in [0.2, 0.25) is 0 Å². The van der Waals surface area contributed by atoms with Gasteiger partial charge >= 0.3 is 5.97 Å². The largest absolute Gasteiger partial charge is 0.511 e. The molecule has 1 saturated carbocycles. The summed E-state index contributed by atoms with van der Waals surface area (Å²) in [7, 11) is 0. The van der Waals surface area contributed by atoms with Crippen LogP contribution in [0.3, 0.4) is 0 Å². The van der Waals surface area contributed by atoms with Gasteiger partial charge in [0.2, 0.25) is 5.78 Å². The third-order valence-corrected chi connectivity index (χ3v) is 10.4. The van der Waals surface area contributed by atoms with E-state index in [2.05, 4.69) is 15.9 Å². The van der Waals surface area contributed by atoms with Gasteiger partial charge in [0.15, 0.2) is 11.4 Å². The highest BCUT2D eigenvalue weighted by Gasteiger charge is 2.65. The molecule has 0 radical (unpaired) electrons. The molecule has 0 unspecified atom stereocenters. The van der Waals surface area contributed by atoms with Gasteiger partial charge in [0.1, 0.15) is 28.9 Å². The number of aliphatic hydroxyl groups is 3. The number of ether oxygens (including phenoxy) is 1. The van der Waals surface area contributed by atoms with E-state index in [0.717, 1.165) is 25.7 Å². The zero-order valence-electron chi connectivity index (χ0n) is 21.5. The van der Waals surface area contributed by atoms with E-state index >= 15 is 0 Å². The van der Waals surface area contributed by atoms with Crippen molar-refractivity contribution in [2.75, 3.05) is 11.1 Å². The van der Waals surface area contributed by atoms with Crippen LogP contribution in [0.15, 0.2) is 40.9 Å². The van der Waals surface area contributed by atoms with E-state index in [1.165, 1.54) is 6.07 Å². The summed E-state index contributed by atoms with van der Waals surface area (Å²) in [5.41, 5.74) is 1.62. The number of hydrogen-bond donors (Lipinski definition) is 5. The fourth-order valence-corrected chi connectivity index (χ4v) is 8.54. The molecule has 4 aliphatic carbocycles. The van der Waals surface area contributed by atoms with Crippen LogP contribution in [0.5, 0.6) is 5.75 Å². The van der Waals surface area contributed by atoms with Crippen LogP contribution in [0.25, 0.3) is 0 Å². The molecule has 6 N–H and O–H groups in total. The molecule has 1 fully saturated rings. The summed E-state index contributed by atoms with van der Waals surface area (Å²) in [5.74, 6) is -8.75. The number of allylic oxidation sites excluding steroid dienone is 1. The fraction of sp³-hybridized carbons (Fsp3) is 0.500. The first-order valence-electron chi connectivity index (χ1n) is 13.2. The highest BCUT2D eigenvalue weighted by Crippen LogP contribution is 2.56. The number of alkyl halides is 1. The average Bonchev–Trinajstić information content (AvgIpc) is 3.41. The van der Waals surface area contributed by atoms with Crippen molar-refractivity contribution in [2.24, 2.45) is 17.6 Å². The topological polar surface area (TPSA) is 184 Å². The lowest BCUT2D eigenvalue weighted by Gasteiger charge is -2.51. The Labute approximate surface area is 242 Å². The van der Waals surface area contributed by atoms with E-state index in [4.69, 9.17) is 10.5 Å². The second-order valence-corrected chi connectivity index (χ2v) is 12.8. The predicted molar refractivity (Wildman–Crippen MR) is 148 cm³/mol. The average molecular weight is 637 g/mol. The van der Waals surface area contributed by atoms with Crippen molar-refractivity contribution in [3.8, 4) is 5.75 Å². The van der Waals surface area contributed by atoms with Crippen LogP contribution in [-0.2, 0) is 19.1 Å². The maximum atomic E-state index is 13.9. The number of hydrogen-bond acceptors (Lipinski definition) is 10. The van der Waals surface area contributed by atoms with Gasteiger partial charge in [0, 0.05) is 46.1 Å². The van der Waals surface area contributed by atoms with Crippen molar-refractivity contribution >= 4 is 51.1 Å². The SMILES string of the molecule is NC(=O)C1=C(O)C[C@@H]2[C@@H](OC(=O)CCBr)[C@H]3C(=C(O)[C@]2(O)C1=O)C(=O)c1c(O)cccc1[C@@H]3CSC1CCCC1. The lowest BCUT2D eigenvalue weighted by Crippen LogP contribution is -2.63. The molecule has 0 bridgehead atoms. The highest BCUT2D eigenvalue weighted by molar-refractivity contribution is 9.09. The molecule has 5 rings (SSSR count). The molecule has 4 aliphatic rings. The summed E-state index contributed by atoms with van der Waals surface area (Å²) in [5, 5.41) is 45.4. The molecule has 1 aromatic carbocycles.